The second-order valence-electron chi connectivity index (χ2n) is 7.49. The predicted octanol–water partition coefficient (Wildman–Crippen LogP) is 1.44. The van der Waals surface area contributed by atoms with Gasteiger partial charge in [0.2, 0.25) is 5.90 Å². The van der Waals surface area contributed by atoms with Gasteiger partial charge >= 0.3 is 0 Å². The number of ether oxygens (including phenoxy) is 2. The van der Waals surface area contributed by atoms with E-state index in [2.05, 4.69) is 26.2 Å². The number of aliphatic hydroxyl groups is 3. The van der Waals surface area contributed by atoms with Crippen molar-refractivity contribution in [3.8, 4) is 5.75 Å². The Morgan fingerprint density at radius 3 is 2.53 bits per heavy atom. The van der Waals surface area contributed by atoms with E-state index in [9.17, 15) is 15.0 Å². The number of carbonyl (C=O) groups is 1. The number of benzene rings is 2. The van der Waals surface area contributed by atoms with Gasteiger partial charge in [0.05, 0.1) is 25.9 Å². The summed E-state index contributed by atoms with van der Waals surface area (Å²) in [5, 5.41) is 30.3. The number of hydrogen-bond acceptors (Lipinski definition) is 7. The van der Waals surface area contributed by atoms with Crippen LogP contribution in [0.4, 0.5) is 0 Å². The molecule has 0 fully saturated rings. The Kier molecular flexibility index (Phi) is 8.63. The zero-order valence-electron chi connectivity index (χ0n) is 17.5. The maximum Gasteiger partial charge on any atom is 0.252 e. The Morgan fingerprint density at radius 2 is 1.88 bits per heavy atom. The molecule has 0 aromatic heterocycles. The van der Waals surface area contributed by atoms with Crippen LogP contribution >= 0.6 is 15.9 Å². The smallest absolute Gasteiger partial charge is 0.252 e. The summed E-state index contributed by atoms with van der Waals surface area (Å²) < 4.78 is 12.2. The van der Waals surface area contributed by atoms with Crippen molar-refractivity contribution in [2.45, 2.75) is 24.4 Å². The van der Waals surface area contributed by atoms with E-state index in [1.165, 1.54) is 0 Å². The van der Waals surface area contributed by atoms with Crippen LogP contribution in [0.5, 0.6) is 5.75 Å². The molecule has 2 aromatic carbocycles. The van der Waals surface area contributed by atoms with E-state index in [4.69, 9.17) is 14.6 Å². The Bertz CT molecular complexity index is 932. The van der Waals surface area contributed by atoms with Crippen LogP contribution in [-0.4, -0.2) is 71.7 Å². The highest BCUT2D eigenvalue weighted by Crippen LogP contribution is 2.30. The molecule has 4 N–H and O–H groups in total. The van der Waals surface area contributed by atoms with Gasteiger partial charge in [0, 0.05) is 29.5 Å². The number of nitrogens with zero attached hydrogens (tertiary/aromatic N) is 1. The third-order valence-corrected chi connectivity index (χ3v) is 5.85. The molecule has 0 radical (unpaired) electrons. The van der Waals surface area contributed by atoms with Crippen molar-refractivity contribution < 1.29 is 29.6 Å². The number of amides is 1. The van der Waals surface area contributed by atoms with Gasteiger partial charge in [-0.1, -0.05) is 34.1 Å². The fourth-order valence-electron chi connectivity index (χ4n) is 3.26. The van der Waals surface area contributed by atoms with Crippen molar-refractivity contribution in [2.24, 2.45) is 4.99 Å². The molecule has 0 saturated carbocycles. The lowest BCUT2D eigenvalue weighted by atomic mass is 9.91. The second-order valence-corrected chi connectivity index (χ2v) is 8.35. The van der Waals surface area contributed by atoms with E-state index in [0.29, 0.717) is 30.2 Å². The lowest BCUT2D eigenvalue weighted by Crippen LogP contribution is -2.53. The highest BCUT2D eigenvalue weighted by Gasteiger charge is 2.45. The van der Waals surface area contributed by atoms with Gasteiger partial charge in [0.1, 0.15) is 12.4 Å². The van der Waals surface area contributed by atoms with Crippen molar-refractivity contribution in [1.29, 1.82) is 0 Å². The molecule has 32 heavy (non-hydrogen) atoms. The van der Waals surface area contributed by atoms with Crippen LogP contribution in [0.1, 0.15) is 17.5 Å². The minimum absolute atomic E-state index is 0.0217. The van der Waals surface area contributed by atoms with Crippen LogP contribution in [0, 0.1) is 0 Å². The molecule has 1 aliphatic heterocycles. The quantitative estimate of drug-likeness (QED) is 0.342. The van der Waals surface area contributed by atoms with Gasteiger partial charge in [-0.05, 0) is 35.9 Å². The Morgan fingerprint density at radius 1 is 1.16 bits per heavy atom. The number of nitrogens with one attached hydrogen (secondary N) is 1. The van der Waals surface area contributed by atoms with Crippen LogP contribution < -0.4 is 10.1 Å². The van der Waals surface area contributed by atoms with Crippen LogP contribution in [-0.2, 0) is 16.0 Å². The summed E-state index contributed by atoms with van der Waals surface area (Å²) >= 11 is 3.52. The Hall–Kier alpha value is -2.46. The molecule has 0 spiro atoms. The fraction of sp³-hybridized carbons (Fsp3) is 0.391. The van der Waals surface area contributed by atoms with E-state index in [-0.39, 0.29) is 32.8 Å². The summed E-state index contributed by atoms with van der Waals surface area (Å²) in [4.78, 5) is 17.9. The van der Waals surface area contributed by atoms with Gasteiger partial charge in [-0.15, -0.1) is 0 Å². The first-order valence-electron chi connectivity index (χ1n) is 10.3. The molecule has 172 valence electrons. The highest BCUT2D eigenvalue weighted by atomic mass is 79.9. The van der Waals surface area contributed by atoms with Crippen molar-refractivity contribution >= 4 is 27.7 Å². The van der Waals surface area contributed by atoms with E-state index in [0.717, 1.165) is 10.0 Å². The summed E-state index contributed by atoms with van der Waals surface area (Å²) in [6.07, 6.45) is 0.822. The average Bonchev–Trinajstić information content (AvgIpc) is 3.25. The lowest BCUT2D eigenvalue weighted by Gasteiger charge is -2.26. The molecule has 8 nitrogen and oxygen atoms in total. The molecule has 0 saturated heterocycles. The number of carbonyl (C=O) groups excluding carboxylic acids is 1. The van der Waals surface area contributed by atoms with Crippen molar-refractivity contribution in [3.63, 3.8) is 0 Å². The van der Waals surface area contributed by atoms with Gasteiger partial charge in [0.15, 0.2) is 5.54 Å². The van der Waals surface area contributed by atoms with E-state index in [1.807, 2.05) is 24.3 Å². The number of aliphatic hydroxyl groups excluding tert-OH is 3. The van der Waals surface area contributed by atoms with Gasteiger partial charge in [-0.25, -0.2) is 4.99 Å². The van der Waals surface area contributed by atoms with E-state index in [1.54, 1.807) is 24.3 Å². The number of halogens is 1. The summed E-state index contributed by atoms with van der Waals surface area (Å²) in [6.45, 7) is -0.268. The third kappa shape index (κ3) is 5.86. The molecule has 1 atom stereocenters. The van der Waals surface area contributed by atoms with Crippen LogP contribution in [0.15, 0.2) is 58.0 Å². The number of aliphatic imine (C=N–C) groups is 1. The highest BCUT2D eigenvalue weighted by molar-refractivity contribution is 9.10. The van der Waals surface area contributed by atoms with Gasteiger partial charge < -0.3 is 30.1 Å². The minimum Gasteiger partial charge on any atom is -0.494 e. The molecule has 1 aliphatic rings. The average molecular weight is 507 g/mol. The van der Waals surface area contributed by atoms with Gasteiger partial charge in [-0.3, -0.25) is 4.79 Å². The maximum absolute atomic E-state index is 13.2. The minimum atomic E-state index is -1.25. The van der Waals surface area contributed by atoms with E-state index >= 15 is 0 Å². The van der Waals surface area contributed by atoms with Crippen LogP contribution in [0.25, 0.3) is 0 Å². The number of rotatable bonds is 11. The first-order chi connectivity index (χ1) is 15.5. The summed E-state index contributed by atoms with van der Waals surface area (Å²) in [5.74, 6) is 0.561. The Balaban J connectivity index is 1.86. The monoisotopic (exact) mass is 506 g/mol. The summed E-state index contributed by atoms with van der Waals surface area (Å²) in [6, 6.07) is 13.9. The molecular weight excluding hydrogens is 480 g/mol. The standard InChI is InChI=1S/C23H27BrN2O6/c24-20-5-2-1-4-17(20)12-23(22(30)25-18(13-28)14-29)15-32-21(26-23)16-6-8-19(9-7-16)31-11-3-10-27/h1-2,4-9,18,27-29H,3,10-15H2,(H,25,30)/t23-/m1/s1. The number of hydrogen-bond donors (Lipinski definition) is 4. The zero-order chi connectivity index (χ0) is 23.0. The molecule has 9 heteroatoms. The van der Waals surface area contributed by atoms with Crippen molar-refractivity contribution in [1.82, 2.24) is 5.32 Å². The largest absolute Gasteiger partial charge is 0.494 e. The zero-order valence-corrected chi connectivity index (χ0v) is 19.1. The normalized spacial score (nSPS) is 17.7. The third-order valence-electron chi connectivity index (χ3n) is 5.08. The molecule has 0 bridgehead atoms. The molecule has 2 aromatic rings. The predicted molar refractivity (Wildman–Crippen MR) is 123 cm³/mol. The molecular formula is C23H27BrN2O6. The molecule has 0 aliphatic carbocycles. The first-order valence-corrected chi connectivity index (χ1v) is 11.1. The lowest BCUT2D eigenvalue weighted by molar-refractivity contribution is -0.128. The Labute approximate surface area is 195 Å². The summed E-state index contributed by atoms with van der Waals surface area (Å²) in [7, 11) is 0. The van der Waals surface area contributed by atoms with Crippen molar-refractivity contribution in [2.75, 3.05) is 33.0 Å². The SMILES string of the molecule is O=C(NC(CO)CO)[C@@]1(Cc2ccccc2Br)COC(c2ccc(OCCCO)cc2)=N1. The van der Waals surface area contributed by atoms with E-state index < -0.39 is 17.5 Å². The van der Waals surface area contributed by atoms with Crippen LogP contribution in [0.2, 0.25) is 0 Å². The molecule has 1 heterocycles. The summed E-state index contributed by atoms with van der Waals surface area (Å²) in [5.41, 5.74) is 0.327. The fourth-order valence-corrected chi connectivity index (χ4v) is 3.68. The molecule has 0 unspecified atom stereocenters. The maximum atomic E-state index is 13.2. The first kappa shape index (κ1) is 24.2. The second kappa shape index (κ2) is 11.4. The van der Waals surface area contributed by atoms with Crippen molar-refractivity contribution in [3.05, 3.63) is 64.1 Å². The topological polar surface area (TPSA) is 121 Å². The van der Waals surface area contributed by atoms with Gasteiger partial charge in [-0.2, -0.15) is 0 Å². The van der Waals surface area contributed by atoms with Gasteiger partial charge in [0.25, 0.3) is 5.91 Å². The molecule has 1 amide bonds. The van der Waals surface area contributed by atoms with Crippen LogP contribution in [0.3, 0.4) is 0 Å². The molecule has 3 rings (SSSR count).